The minimum absolute atomic E-state index is 0.0627. The Morgan fingerprint density at radius 3 is 3.05 bits per heavy atom. The molecule has 1 aromatic heterocycles. The van der Waals surface area contributed by atoms with Crippen molar-refractivity contribution in [2.24, 2.45) is 0 Å². The standard InChI is InChI=1S/C13H17ClN4O/c14-11-8-15-4-3-12(11)17-6-1-2-10(9-17)18-7-5-16-13(18)19/h3-4,8,10H,1-2,5-7,9H2,(H,16,19). The van der Waals surface area contributed by atoms with Gasteiger partial charge in [-0.15, -0.1) is 0 Å². The van der Waals surface area contributed by atoms with E-state index in [0.29, 0.717) is 5.02 Å². The number of pyridine rings is 1. The van der Waals surface area contributed by atoms with Gasteiger partial charge in [-0.05, 0) is 18.9 Å². The first kappa shape index (κ1) is 12.5. The predicted octanol–water partition coefficient (Wildman–Crippen LogP) is 1.73. The van der Waals surface area contributed by atoms with Gasteiger partial charge in [0.15, 0.2) is 0 Å². The summed E-state index contributed by atoms with van der Waals surface area (Å²) in [4.78, 5) is 20.0. The fourth-order valence-electron chi connectivity index (χ4n) is 2.89. The van der Waals surface area contributed by atoms with Crippen LogP contribution in [-0.2, 0) is 0 Å². The van der Waals surface area contributed by atoms with Crippen molar-refractivity contribution in [3.63, 3.8) is 0 Å². The largest absolute Gasteiger partial charge is 0.368 e. The summed E-state index contributed by atoms with van der Waals surface area (Å²) in [6, 6.07) is 2.28. The zero-order valence-corrected chi connectivity index (χ0v) is 11.4. The van der Waals surface area contributed by atoms with Crippen LogP contribution in [0, 0.1) is 0 Å². The third-order valence-electron chi connectivity index (χ3n) is 3.82. The van der Waals surface area contributed by atoms with E-state index < -0.39 is 0 Å². The first-order chi connectivity index (χ1) is 9.25. The van der Waals surface area contributed by atoms with Crippen LogP contribution in [0.2, 0.25) is 5.02 Å². The molecule has 1 N–H and O–H groups in total. The molecule has 0 aliphatic carbocycles. The van der Waals surface area contributed by atoms with Crippen molar-refractivity contribution in [2.75, 3.05) is 31.1 Å². The number of nitrogens with one attached hydrogen (secondary N) is 1. The van der Waals surface area contributed by atoms with Crippen molar-refractivity contribution >= 4 is 23.3 Å². The molecule has 0 bridgehead atoms. The maximum absolute atomic E-state index is 11.7. The van der Waals surface area contributed by atoms with Gasteiger partial charge in [-0.1, -0.05) is 11.6 Å². The molecule has 2 fully saturated rings. The lowest BCUT2D eigenvalue weighted by molar-refractivity contribution is 0.189. The second-order valence-electron chi connectivity index (χ2n) is 4.99. The maximum Gasteiger partial charge on any atom is 0.317 e. The third kappa shape index (κ3) is 2.47. The van der Waals surface area contributed by atoms with Crippen molar-refractivity contribution in [2.45, 2.75) is 18.9 Å². The lowest BCUT2D eigenvalue weighted by atomic mass is 10.0. The number of carbonyl (C=O) groups is 1. The first-order valence-corrected chi connectivity index (χ1v) is 7.02. The van der Waals surface area contributed by atoms with Crippen molar-refractivity contribution in [1.29, 1.82) is 0 Å². The summed E-state index contributed by atoms with van der Waals surface area (Å²) in [6.45, 7) is 3.39. The van der Waals surface area contributed by atoms with Gasteiger partial charge in [-0.3, -0.25) is 4.98 Å². The van der Waals surface area contributed by atoms with Crippen molar-refractivity contribution in [1.82, 2.24) is 15.2 Å². The molecule has 3 rings (SSSR count). The molecule has 1 unspecified atom stereocenters. The molecule has 0 aromatic carbocycles. The average molecular weight is 281 g/mol. The average Bonchev–Trinajstić information content (AvgIpc) is 2.86. The minimum Gasteiger partial charge on any atom is -0.368 e. The monoisotopic (exact) mass is 280 g/mol. The van der Waals surface area contributed by atoms with E-state index in [2.05, 4.69) is 15.2 Å². The summed E-state index contributed by atoms with van der Waals surface area (Å²) < 4.78 is 0. The number of urea groups is 1. The quantitative estimate of drug-likeness (QED) is 0.897. The van der Waals surface area contributed by atoms with Gasteiger partial charge in [0, 0.05) is 38.6 Å². The van der Waals surface area contributed by atoms with Gasteiger partial charge in [0.25, 0.3) is 0 Å². The Labute approximate surface area is 117 Å². The van der Waals surface area contributed by atoms with Gasteiger partial charge in [0.1, 0.15) is 0 Å². The number of halogens is 1. The molecule has 0 radical (unpaired) electrons. The SMILES string of the molecule is O=C1NCCN1C1CCCN(c2ccncc2Cl)C1. The van der Waals surface area contributed by atoms with Crippen molar-refractivity contribution in [3.05, 3.63) is 23.5 Å². The van der Waals surface area contributed by atoms with E-state index in [1.807, 2.05) is 11.0 Å². The molecule has 1 atom stereocenters. The Bertz CT molecular complexity index is 481. The Morgan fingerprint density at radius 2 is 2.32 bits per heavy atom. The van der Waals surface area contributed by atoms with Gasteiger partial charge in [0.2, 0.25) is 0 Å². The molecule has 0 saturated carbocycles. The zero-order valence-electron chi connectivity index (χ0n) is 10.7. The van der Waals surface area contributed by atoms with Gasteiger partial charge >= 0.3 is 6.03 Å². The van der Waals surface area contributed by atoms with Gasteiger partial charge in [-0.2, -0.15) is 0 Å². The number of amides is 2. The highest BCUT2D eigenvalue weighted by Crippen LogP contribution is 2.28. The number of hydrogen-bond acceptors (Lipinski definition) is 3. The highest BCUT2D eigenvalue weighted by atomic mass is 35.5. The third-order valence-corrected chi connectivity index (χ3v) is 4.11. The molecule has 102 valence electrons. The molecule has 5 nitrogen and oxygen atoms in total. The van der Waals surface area contributed by atoms with Gasteiger partial charge in [0.05, 0.1) is 16.8 Å². The van der Waals surface area contributed by atoms with E-state index in [4.69, 9.17) is 11.6 Å². The van der Waals surface area contributed by atoms with E-state index in [9.17, 15) is 4.79 Å². The number of aromatic nitrogens is 1. The lowest BCUT2D eigenvalue weighted by Gasteiger charge is -2.38. The fourth-order valence-corrected chi connectivity index (χ4v) is 3.13. The Kier molecular flexibility index (Phi) is 3.46. The zero-order chi connectivity index (χ0) is 13.2. The summed E-state index contributed by atoms with van der Waals surface area (Å²) in [6.07, 6.45) is 5.57. The van der Waals surface area contributed by atoms with Gasteiger partial charge in [-0.25, -0.2) is 4.79 Å². The smallest absolute Gasteiger partial charge is 0.317 e. The molecule has 1 aromatic rings. The number of anilines is 1. The minimum atomic E-state index is 0.0627. The van der Waals surface area contributed by atoms with Crippen molar-refractivity contribution < 1.29 is 4.79 Å². The molecule has 2 aliphatic rings. The number of carbonyl (C=O) groups excluding carboxylic acids is 1. The molecule has 6 heteroatoms. The van der Waals surface area contributed by atoms with E-state index in [-0.39, 0.29) is 12.1 Å². The molecular formula is C13H17ClN4O. The van der Waals surface area contributed by atoms with E-state index in [1.165, 1.54) is 0 Å². The molecular weight excluding hydrogens is 264 g/mol. The van der Waals surface area contributed by atoms with Gasteiger partial charge < -0.3 is 15.1 Å². The molecule has 19 heavy (non-hydrogen) atoms. The first-order valence-electron chi connectivity index (χ1n) is 6.64. The van der Waals surface area contributed by atoms with Crippen LogP contribution in [0.25, 0.3) is 0 Å². The molecule has 0 spiro atoms. The van der Waals surface area contributed by atoms with Crippen LogP contribution in [0.1, 0.15) is 12.8 Å². The number of nitrogens with zero attached hydrogens (tertiary/aromatic N) is 3. The predicted molar refractivity (Wildman–Crippen MR) is 74.6 cm³/mol. The number of piperidine rings is 1. The Balaban J connectivity index is 1.75. The highest BCUT2D eigenvalue weighted by Gasteiger charge is 2.31. The van der Waals surface area contributed by atoms with Crippen LogP contribution < -0.4 is 10.2 Å². The van der Waals surface area contributed by atoms with Crippen LogP contribution in [0.5, 0.6) is 0 Å². The summed E-state index contributed by atoms with van der Waals surface area (Å²) in [7, 11) is 0. The van der Waals surface area contributed by atoms with Crippen LogP contribution in [-0.4, -0.2) is 48.1 Å². The second kappa shape index (κ2) is 5.25. The molecule has 3 heterocycles. The van der Waals surface area contributed by atoms with E-state index in [1.54, 1.807) is 12.4 Å². The van der Waals surface area contributed by atoms with Crippen LogP contribution in [0.4, 0.5) is 10.5 Å². The van der Waals surface area contributed by atoms with Crippen molar-refractivity contribution in [3.8, 4) is 0 Å². The van der Waals surface area contributed by atoms with E-state index >= 15 is 0 Å². The molecule has 2 saturated heterocycles. The normalized spacial score (nSPS) is 23.6. The summed E-state index contributed by atoms with van der Waals surface area (Å²) in [5.74, 6) is 0. The summed E-state index contributed by atoms with van der Waals surface area (Å²) in [5.41, 5.74) is 1.01. The summed E-state index contributed by atoms with van der Waals surface area (Å²) >= 11 is 6.20. The van der Waals surface area contributed by atoms with Crippen LogP contribution >= 0.6 is 11.6 Å². The second-order valence-corrected chi connectivity index (χ2v) is 5.40. The Morgan fingerprint density at radius 1 is 1.42 bits per heavy atom. The Hall–Kier alpha value is -1.49. The maximum atomic E-state index is 11.7. The number of rotatable bonds is 2. The fraction of sp³-hybridized carbons (Fsp3) is 0.538. The highest BCUT2D eigenvalue weighted by molar-refractivity contribution is 6.33. The lowest BCUT2D eigenvalue weighted by Crippen LogP contribution is -2.49. The van der Waals surface area contributed by atoms with Crippen LogP contribution in [0.15, 0.2) is 18.5 Å². The molecule has 2 aliphatic heterocycles. The van der Waals surface area contributed by atoms with Crippen LogP contribution in [0.3, 0.4) is 0 Å². The topological polar surface area (TPSA) is 48.5 Å². The van der Waals surface area contributed by atoms with E-state index in [0.717, 1.165) is 44.7 Å². The molecule has 2 amide bonds. The summed E-state index contributed by atoms with van der Waals surface area (Å²) in [5, 5.41) is 3.54. The number of hydrogen-bond donors (Lipinski definition) is 1.